The molecule has 0 amide bonds. The van der Waals surface area contributed by atoms with Gasteiger partial charge in [0.25, 0.3) is 0 Å². The van der Waals surface area contributed by atoms with Gasteiger partial charge >= 0.3 is 0 Å². The second kappa shape index (κ2) is 4.72. The van der Waals surface area contributed by atoms with Crippen LogP contribution < -0.4 is 5.32 Å². The molecule has 0 saturated carbocycles. The number of hydrogen-bond donors (Lipinski definition) is 2. The van der Waals surface area contributed by atoms with E-state index in [-0.39, 0.29) is 0 Å². The van der Waals surface area contributed by atoms with Crippen LogP contribution in [0.25, 0.3) is 0 Å². The first kappa shape index (κ1) is 10.7. The minimum Gasteiger partial charge on any atom is -0.374 e. The molecule has 76 valence electrons. The molecule has 1 unspecified atom stereocenters. The number of rotatable bonds is 3. The highest BCUT2D eigenvalue weighted by molar-refractivity contribution is 5.68. The van der Waals surface area contributed by atoms with E-state index in [1.807, 2.05) is 25.1 Å². The number of nitrogens with one attached hydrogen (secondary N) is 1. The molecule has 1 atom stereocenters. The largest absolute Gasteiger partial charge is 0.374 e. The molecule has 1 aromatic rings. The molecule has 0 aliphatic heterocycles. The van der Waals surface area contributed by atoms with Gasteiger partial charge in [0.2, 0.25) is 0 Å². The predicted molar refractivity (Wildman–Crippen MR) is 56.9 cm³/mol. The van der Waals surface area contributed by atoms with E-state index in [9.17, 15) is 5.11 Å². The zero-order valence-electron chi connectivity index (χ0n) is 8.65. The van der Waals surface area contributed by atoms with Crippen LogP contribution in [0.15, 0.2) is 28.4 Å². The number of aryl methyl sites for hydroxylation is 1. The van der Waals surface area contributed by atoms with Gasteiger partial charge < -0.3 is 10.4 Å². The number of azo groups is 1. The summed E-state index contributed by atoms with van der Waals surface area (Å²) in [5, 5.41) is 19.9. The molecule has 0 aliphatic carbocycles. The van der Waals surface area contributed by atoms with Gasteiger partial charge in [0.05, 0.1) is 5.69 Å². The Balaban J connectivity index is 3.07. The van der Waals surface area contributed by atoms with Gasteiger partial charge in [-0.05, 0) is 25.5 Å². The third-order valence-electron chi connectivity index (χ3n) is 1.80. The van der Waals surface area contributed by atoms with E-state index in [1.54, 1.807) is 14.0 Å². The minimum absolute atomic E-state index is 0.595. The molecule has 1 rings (SSSR count). The van der Waals surface area contributed by atoms with Crippen LogP contribution in [0.4, 0.5) is 11.4 Å². The van der Waals surface area contributed by atoms with Gasteiger partial charge in [-0.2, -0.15) is 10.2 Å². The molecule has 0 fully saturated rings. The average Bonchev–Trinajstić information content (AvgIpc) is 2.10. The van der Waals surface area contributed by atoms with Crippen LogP contribution in [0.1, 0.15) is 12.5 Å². The molecular weight excluding hydrogens is 178 g/mol. The lowest BCUT2D eigenvalue weighted by atomic mass is 10.1. The lowest BCUT2D eigenvalue weighted by Crippen LogP contribution is -2.13. The maximum Gasteiger partial charge on any atom is 0.121 e. The molecule has 0 heterocycles. The van der Waals surface area contributed by atoms with Crippen LogP contribution in [-0.2, 0) is 0 Å². The third-order valence-corrected chi connectivity index (χ3v) is 1.80. The summed E-state index contributed by atoms with van der Waals surface area (Å²) < 4.78 is 0. The average molecular weight is 193 g/mol. The van der Waals surface area contributed by atoms with Crippen LogP contribution >= 0.6 is 0 Å². The lowest BCUT2D eigenvalue weighted by molar-refractivity contribution is 0.224. The molecule has 0 aromatic heterocycles. The van der Waals surface area contributed by atoms with E-state index in [1.165, 1.54) is 0 Å². The number of benzene rings is 1. The Kier molecular flexibility index (Phi) is 3.59. The summed E-state index contributed by atoms with van der Waals surface area (Å²) in [4.78, 5) is 0. The quantitative estimate of drug-likeness (QED) is 0.572. The Morgan fingerprint density at radius 3 is 2.71 bits per heavy atom. The minimum atomic E-state index is -0.595. The van der Waals surface area contributed by atoms with Gasteiger partial charge in [-0.15, -0.1) is 0 Å². The first-order valence-corrected chi connectivity index (χ1v) is 4.49. The highest BCUT2D eigenvalue weighted by atomic mass is 16.3. The Morgan fingerprint density at radius 2 is 2.14 bits per heavy atom. The molecule has 2 N–H and O–H groups in total. The molecule has 14 heavy (non-hydrogen) atoms. The van der Waals surface area contributed by atoms with Crippen molar-refractivity contribution in [2.75, 3.05) is 12.4 Å². The van der Waals surface area contributed by atoms with E-state index in [4.69, 9.17) is 0 Å². The number of hydrogen-bond acceptors (Lipinski definition) is 4. The van der Waals surface area contributed by atoms with Crippen LogP contribution in [0.2, 0.25) is 0 Å². The van der Waals surface area contributed by atoms with Crippen molar-refractivity contribution in [1.82, 2.24) is 0 Å². The van der Waals surface area contributed by atoms with Gasteiger partial charge in [0.1, 0.15) is 11.9 Å². The monoisotopic (exact) mass is 193 g/mol. The standard InChI is InChI=1S/C10H15N3O/c1-7-5-4-6-9(12-8(2)14)10(7)13-11-3/h4-6,8,12,14H,1-3H3/b13-11-. The van der Waals surface area contributed by atoms with E-state index >= 15 is 0 Å². The SMILES string of the molecule is C/N=N\c1c(C)cccc1NC(C)O. The van der Waals surface area contributed by atoms with Crippen molar-refractivity contribution in [3.05, 3.63) is 23.8 Å². The number of aliphatic hydroxyl groups is 1. The molecule has 1 aromatic carbocycles. The summed E-state index contributed by atoms with van der Waals surface area (Å²) in [7, 11) is 1.62. The molecular formula is C10H15N3O. The van der Waals surface area contributed by atoms with Crippen LogP contribution in [0.3, 0.4) is 0 Å². The molecule has 0 aliphatic rings. The van der Waals surface area contributed by atoms with Gasteiger partial charge in [-0.3, -0.25) is 0 Å². The van der Waals surface area contributed by atoms with Crippen molar-refractivity contribution < 1.29 is 5.11 Å². The number of anilines is 1. The fourth-order valence-electron chi connectivity index (χ4n) is 1.23. The van der Waals surface area contributed by atoms with Crippen molar-refractivity contribution in [3.63, 3.8) is 0 Å². The Morgan fingerprint density at radius 1 is 1.43 bits per heavy atom. The Labute approximate surface area is 83.7 Å². The second-order valence-electron chi connectivity index (χ2n) is 3.09. The van der Waals surface area contributed by atoms with Gasteiger partial charge in [0, 0.05) is 7.05 Å². The van der Waals surface area contributed by atoms with E-state index in [0.717, 1.165) is 16.9 Å². The smallest absolute Gasteiger partial charge is 0.121 e. The zero-order valence-corrected chi connectivity index (χ0v) is 8.65. The molecule has 0 spiro atoms. The molecule has 0 bridgehead atoms. The van der Waals surface area contributed by atoms with Crippen molar-refractivity contribution in [2.24, 2.45) is 10.2 Å². The first-order valence-electron chi connectivity index (χ1n) is 4.49. The lowest BCUT2D eigenvalue weighted by Gasteiger charge is -2.12. The topological polar surface area (TPSA) is 57.0 Å². The van der Waals surface area contributed by atoms with Crippen molar-refractivity contribution >= 4 is 11.4 Å². The van der Waals surface area contributed by atoms with Gasteiger partial charge in [-0.25, -0.2) is 0 Å². The van der Waals surface area contributed by atoms with Crippen LogP contribution in [0, 0.1) is 6.92 Å². The summed E-state index contributed by atoms with van der Waals surface area (Å²) in [6, 6.07) is 5.73. The third kappa shape index (κ3) is 2.53. The van der Waals surface area contributed by atoms with Crippen LogP contribution in [0.5, 0.6) is 0 Å². The normalized spacial score (nSPS) is 13.1. The highest BCUT2D eigenvalue weighted by Crippen LogP contribution is 2.29. The van der Waals surface area contributed by atoms with E-state index < -0.39 is 6.23 Å². The van der Waals surface area contributed by atoms with Crippen molar-refractivity contribution in [2.45, 2.75) is 20.1 Å². The molecule has 0 radical (unpaired) electrons. The number of aliphatic hydroxyl groups excluding tert-OH is 1. The molecule has 4 nitrogen and oxygen atoms in total. The first-order chi connectivity index (χ1) is 6.65. The fourth-order valence-corrected chi connectivity index (χ4v) is 1.23. The maximum atomic E-state index is 9.21. The summed E-state index contributed by atoms with van der Waals surface area (Å²) >= 11 is 0. The van der Waals surface area contributed by atoms with Gasteiger partial charge in [0.15, 0.2) is 0 Å². The summed E-state index contributed by atoms with van der Waals surface area (Å²) in [6.07, 6.45) is -0.595. The number of nitrogens with zero attached hydrogens (tertiary/aromatic N) is 2. The summed E-state index contributed by atoms with van der Waals surface area (Å²) in [5.41, 5.74) is 2.60. The Bertz CT molecular complexity index is 334. The maximum absolute atomic E-state index is 9.21. The Hall–Kier alpha value is -1.42. The summed E-state index contributed by atoms with van der Waals surface area (Å²) in [5.74, 6) is 0. The van der Waals surface area contributed by atoms with Gasteiger partial charge in [-0.1, -0.05) is 12.1 Å². The molecule has 0 saturated heterocycles. The van der Waals surface area contributed by atoms with E-state index in [2.05, 4.69) is 15.5 Å². The highest BCUT2D eigenvalue weighted by Gasteiger charge is 2.05. The zero-order chi connectivity index (χ0) is 10.6. The van der Waals surface area contributed by atoms with E-state index in [0.29, 0.717) is 0 Å². The summed E-state index contributed by atoms with van der Waals surface area (Å²) in [6.45, 7) is 3.62. The van der Waals surface area contributed by atoms with Crippen molar-refractivity contribution in [1.29, 1.82) is 0 Å². The van der Waals surface area contributed by atoms with Crippen molar-refractivity contribution in [3.8, 4) is 0 Å². The van der Waals surface area contributed by atoms with Crippen LogP contribution in [-0.4, -0.2) is 18.4 Å². The fraction of sp³-hybridized carbons (Fsp3) is 0.400. The molecule has 4 heteroatoms. The second-order valence-corrected chi connectivity index (χ2v) is 3.09. The predicted octanol–water partition coefficient (Wildman–Crippen LogP) is 2.46.